The zero-order chi connectivity index (χ0) is 28.4. The molecule has 3 aromatic rings. The number of unbranched alkanes of at least 4 members (excludes halogenated alkanes) is 2. The predicted octanol–water partition coefficient (Wildman–Crippen LogP) is 5.62. The number of aryl methyl sites for hydroxylation is 1. The van der Waals surface area contributed by atoms with Crippen LogP contribution in [-0.2, 0) is 9.59 Å². The Morgan fingerprint density at radius 2 is 1.90 bits per heavy atom. The minimum atomic E-state index is -1.00. The number of ketones is 2. The number of hydrogen-bond donors (Lipinski definition) is 1. The van der Waals surface area contributed by atoms with Crippen LogP contribution in [0.5, 0.6) is 17.2 Å². The lowest BCUT2D eigenvalue weighted by Crippen LogP contribution is -2.29. The van der Waals surface area contributed by atoms with Crippen LogP contribution in [0.2, 0.25) is 0 Å². The smallest absolute Gasteiger partial charge is 0.301 e. The highest BCUT2D eigenvalue weighted by Crippen LogP contribution is 2.45. The third-order valence-corrected chi connectivity index (χ3v) is 8.02. The molecule has 0 bridgehead atoms. The zero-order valence-electron chi connectivity index (χ0n) is 22.6. The van der Waals surface area contributed by atoms with Gasteiger partial charge in [0.1, 0.15) is 24.7 Å². The van der Waals surface area contributed by atoms with Gasteiger partial charge in [0.2, 0.25) is 0 Å². The number of anilines is 1. The number of rotatable bonds is 9. The summed E-state index contributed by atoms with van der Waals surface area (Å²) in [4.78, 5) is 45.4. The number of aliphatic hydroxyl groups is 1. The molecular weight excluding hydrogens is 532 g/mol. The molecule has 1 aromatic heterocycles. The number of aliphatic hydroxyl groups excluding tert-OH is 1. The number of fused-ring (bicyclic) bond motifs is 1. The van der Waals surface area contributed by atoms with E-state index < -0.39 is 17.7 Å². The van der Waals surface area contributed by atoms with Crippen molar-refractivity contribution in [3.8, 4) is 17.2 Å². The fraction of sp³-hybridized carbons (Fsp3) is 0.333. The van der Waals surface area contributed by atoms with E-state index in [4.69, 9.17) is 14.2 Å². The van der Waals surface area contributed by atoms with E-state index in [-0.39, 0.29) is 22.2 Å². The van der Waals surface area contributed by atoms with Gasteiger partial charge >= 0.3 is 5.91 Å². The van der Waals surface area contributed by atoms with Crippen molar-refractivity contribution in [1.82, 2.24) is 4.98 Å². The van der Waals surface area contributed by atoms with Crippen molar-refractivity contribution in [2.75, 3.05) is 24.7 Å². The molecule has 2 aromatic carbocycles. The van der Waals surface area contributed by atoms with Gasteiger partial charge in [-0.15, -0.1) is 0 Å². The van der Waals surface area contributed by atoms with E-state index in [1.165, 1.54) is 11.8 Å². The Balaban J connectivity index is 1.63. The molecular formula is C30H30N2O7S. The summed E-state index contributed by atoms with van der Waals surface area (Å²) in [6.45, 7) is 6.52. The average Bonchev–Trinajstić information content (AvgIpc) is 3.47. The number of amides is 1. The van der Waals surface area contributed by atoms with Crippen LogP contribution < -0.4 is 19.1 Å². The Labute approximate surface area is 236 Å². The number of aromatic nitrogens is 1. The van der Waals surface area contributed by atoms with Crippen LogP contribution in [0.3, 0.4) is 0 Å². The molecule has 9 nitrogen and oxygen atoms in total. The summed E-state index contributed by atoms with van der Waals surface area (Å²) in [5.74, 6) is -0.692. The van der Waals surface area contributed by atoms with Crippen LogP contribution in [0.1, 0.15) is 65.6 Å². The van der Waals surface area contributed by atoms with Crippen molar-refractivity contribution in [1.29, 1.82) is 0 Å². The molecule has 1 saturated heterocycles. The van der Waals surface area contributed by atoms with E-state index in [9.17, 15) is 19.5 Å². The molecule has 0 unspecified atom stereocenters. The van der Waals surface area contributed by atoms with E-state index in [2.05, 4.69) is 11.9 Å². The molecule has 0 radical (unpaired) electrons. The zero-order valence-corrected chi connectivity index (χ0v) is 23.4. The lowest BCUT2D eigenvalue weighted by atomic mass is 9.95. The molecule has 1 amide bonds. The summed E-state index contributed by atoms with van der Waals surface area (Å²) in [7, 11) is 0. The third-order valence-electron chi connectivity index (χ3n) is 6.76. The van der Waals surface area contributed by atoms with E-state index in [0.29, 0.717) is 58.8 Å². The molecule has 1 N–H and O–H groups in total. The van der Waals surface area contributed by atoms with Gasteiger partial charge < -0.3 is 19.3 Å². The Bertz CT molecular complexity index is 1510. The molecule has 2 aliphatic rings. The second-order valence-corrected chi connectivity index (χ2v) is 10.6. The Morgan fingerprint density at radius 1 is 1.12 bits per heavy atom. The number of thiazole rings is 1. The summed E-state index contributed by atoms with van der Waals surface area (Å²) in [5, 5.41) is 11.7. The first-order chi connectivity index (χ1) is 19.3. The van der Waals surface area contributed by atoms with Crippen LogP contribution in [0.4, 0.5) is 5.13 Å². The van der Waals surface area contributed by atoms with Crippen LogP contribution in [0.25, 0.3) is 5.76 Å². The van der Waals surface area contributed by atoms with Gasteiger partial charge in [0, 0.05) is 12.5 Å². The maximum Gasteiger partial charge on any atom is 0.301 e. The van der Waals surface area contributed by atoms with Crippen LogP contribution >= 0.6 is 11.3 Å². The molecule has 2 aliphatic heterocycles. The highest BCUT2D eigenvalue weighted by Gasteiger charge is 2.48. The van der Waals surface area contributed by atoms with Crippen molar-refractivity contribution in [3.05, 3.63) is 69.7 Å². The highest BCUT2D eigenvalue weighted by molar-refractivity contribution is 7.18. The minimum absolute atomic E-state index is 0.0953. The van der Waals surface area contributed by atoms with Crippen LogP contribution in [0, 0.1) is 6.92 Å². The lowest BCUT2D eigenvalue weighted by molar-refractivity contribution is -0.132. The van der Waals surface area contributed by atoms with E-state index in [0.717, 1.165) is 30.6 Å². The first-order valence-electron chi connectivity index (χ1n) is 13.2. The number of carbonyl (C=O) groups is 3. The molecule has 1 fully saturated rings. The van der Waals surface area contributed by atoms with Gasteiger partial charge in [0.15, 0.2) is 22.4 Å². The second-order valence-electron chi connectivity index (χ2n) is 9.62. The fourth-order valence-electron chi connectivity index (χ4n) is 4.82. The summed E-state index contributed by atoms with van der Waals surface area (Å²) < 4.78 is 17.2. The molecule has 0 spiro atoms. The van der Waals surface area contributed by atoms with Crippen molar-refractivity contribution >= 4 is 39.7 Å². The molecule has 5 rings (SSSR count). The van der Waals surface area contributed by atoms with Gasteiger partial charge in [0.25, 0.3) is 5.78 Å². The van der Waals surface area contributed by atoms with E-state index in [1.807, 2.05) is 6.07 Å². The normalized spacial score (nSPS) is 17.8. The monoisotopic (exact) mass is 562 g/mol. The first-order valence-corrected chi connectivity index (χ1v) is 14.0. The standard InChI is InChI=1S/C30H30N2O7S/c1-4-5-6-12-37-21-9-7-8-19(15-21)25-24(26(34)20-10-11-22-23(16-20)39-14-13-38-22)27(35)29(36)32(25)30-31-17(2)28(40-30)18(3)33/h7-11,15-16,25,34H,4-6,12-14H2,1-3H3/t25-/m0/s1. The number of Topliss-reactive ketones (excluding diaryl/α,β-unsaturated/α-hetero) is 2. The van der Waals surface area contributed by atoms with E-state index in [1.54, 1.807) is 43.3 Å². The highest BCUT2D eigenvalue weighted by atomic mass is 32.1. The Kier molecular flexibility index (Phi) is 7.88. The fourth-order valence-corrected chi connectivity index (χ4v) is 5.81. The molecule has 10 heteroatoms. The molecule has 40 heavy (non-hydrogen) atoms. The molecule has 208 valence electrons. The van der Waals surface area contributed by atoms with Gasteiger partial charge in [-0.1, -0.05) is 43.2 Å². The summed E-state index contributed by atoms with van der Waals surface area (Å²) in [6.07, 6.45) is 3.00. The topological polar surface area (TPSA) is 115 Å². The predicted molar refractivity (Wildman–Crippen MR) is 151 cm³/mol. The van der Waals surface area contributed by atoms with Crippen molar-refractivity contribution < 1.29 is 33.7 Å². The lowest BCUT2D eigenvalue weighted by Gasteiger charge is -2.24. The Morgan fingerprint density at radius 3 is 2.62 bits per heavy atom. The first kappa shape index (κ1) is 27.4. The second kappa shape index (κ2) is 11.5. The van der Waals surface area contributed by atoms with Gasteiger partial charge in [-0.25, -0.2) is 4.98 Å². The molecule has 3 heterocycles. The van der Waals surface area contributed by atoms with Gasteiger partial charge in [-0.2, -0.15) is 0 Å². The van der Waals surface area contributed by atoms with Gasteiger partial charge in [-0.3, -0.25) is 19.3 Å². The van der Waals surface area contributed by atoms with Gasteiger partial charge in [-0.05, 0) is 49.2 Å². The van der Waals surface area contributed by atoms with Crippen molar-refractivity contribution in [3.63, 3.8) is 0 Å². The SMILES string of the molecule is CCCCCOc1cccc([C@H]2C(=C(O)c3ccc4c(c3)OCCO4)C(=O)C(=O)N2c2nc(C)c(C(C)=O)s2)c1. The van der Waals surface area contributed by atoms with E-state index >= 15 is 0 Å². The quantitative estimate of drug-likeness (QED) is 0.117. The molecule has 0 aliphatic carbocycles. The van der Waals surface area contributed by atoms with Crippen molar-refractivity contribution in [2.24, 2.45) is 0 Å². The average molecular weight is 563 g/mol. The van der Waals surface area contributed by atoms with Gasteiger partial charge in [0.05, 0.1) is 28.8 Å². The summed E-state index contributed by atoms with van der Waals surface area (Å²) in [6, 6.07) is 11.0. The largest absolute Gasteiger partial charge is 0.507 e. The third kappa shape index (κ3) is 5.19. The minimum Gasteiger partial charge on any atom is -0.507 e. The van der Waals surface area contributed by atoms with Crippen LogP contribution in [-0.4, -0.2) is 47.4 Å². The molecule has 1 atom stereocenters. The summed E-state index contributed by atoms with van der Waals surface area (Å²) >= 11 is 1.04. The number of ether oxygens (including phenoxy) is 3. The molecule has 0 saturated carbocycles. The van der Waals surface area contributed by atoms with Crippen LogP contribution in [0.15, 0.2) is 48.0 Å². The number of carbonyl (C=O) groups excluding carboxylic acids is 3. The summed E-state index contributed by atoms with van der Waals surface area (Å²) in [5.41, 5.74) is 1.23. The maximum atomic E-state index is 13.5. The Hall–Kier alpha value is -4.18. The van der Waals surface area contributed by atoms with Crippen molar-refractivity contribution in [2.45, 2.75) is 46.1 Å². The number of hydrogen-bond acceptors (Lipinski definition) is 9. The maximum absolute atomic E-state index is 13.5. The number of benzene rings is 2. The number of nitrogens with zero attached hydrogens (tertiary/aromatic N) is 2.